The Hall–Kier alpha value is -2.11. The molecule has 0 aliphatic rings. The van der Waals surface area contributed by atoms with Crippen molar-refractivity contribution < 1.29 is 0 Å². The van der Waals surface area contributed by atoms with E-state index in [4.69, 9.17) is 0 Å². The molecule has 2 aromatic heterocycles. The van der Waals surface area contributed by atoms with Crippen LogP contribution in [0.15, 0.2) is 26.6 Å². The number of fused-ring (bicyclic) bond motifs is 1. The van der Waals surface area contributed by atoms with Gasteiger partial charge in [-0.05, 0) is 6.92 Å². The monoisotopic (exact) mass is 207 g/mol. The lowest BCUT2D eigenvalue weighted by molar-refractivity contribution is 0.717. The van der Waals surface area contributed by atoms with Crippen molar-refractivity contribution in [2.24, 2.45) is 0 Å². The molecule has 0 aliphatic carbocycles. The van der Waals surface area contributed by atoms with Crippen LogP contribution in [0.5, 0.6) is 0 Å². The molecule has 0 amide bonds. The Morgan fingerprint density at radius 1 is 1.33 bits per heavy atom. The predicted octanol–water partition coefficient (Wildman–Crippen LogP) is -0.602. The molecule has 0 unspecified atom stereocenters. The van der Waals surface area contributed by atoms with E-state index in [1.54, 1.807) is 6.92 Å². The number of rotatable bonds is 1. The molecule has 78 valence electrons. The second-order valence-electron chi connectivity index (χ2n) is 3.07. The van der Waals surface area contributed by atoms with Gasteiger partial charge in [0.15, 0.2) is 5.43 Å². The molecule has 0 spiro atoms. The van der Waals surface area contributed by atoms with Gasteiger partial charge in [-0.2, -0.15) is 0 Å². The van der Waals surface area contributed by atoms with Gasteiger partial charge < -0.3 is 4.98 Å². The van der Waals surface area contributed by atoms with Crippen LogP contribution in [0.3, 0.4) is 0 Å². The van der Waals surface area contributed by atoms with Gasteiger partial charge in [0.25, 0.3) is 5.56 Å². The number of H-pyrrole nitrogens is 2. The van der Waals surface area contributed by atoms with Crippen molar-refractivity contribution in [3.8, 4) is 0 Å². The quantitative estimate of drug-likeness (QED) is 0.654. The lowest BCUT2D eigenvalue weighted by Crippen LogP contribution is -2.32. The Labute approximate surface area is 83.2 Å². The van der Waals surface area contributed by atoms with E-state index in [2.05, 4.69) is 9.97 Å². The molecule has 2 aromatic rings. The highest BCUT2D eigenvalue weighted by Gasteiger charge is 2.08. The fourth-order valence-corrected chi connectivity index (χ4v) is 1.53. The molecule has 2 N–H and O–H groups in total. The molecule has 0 saturated carbocycles. The van der Waals surface area contributed by atoms with Crippen LogP contribution in [-0.2, 0) is 6.54 Å². The maximum absolute atomic E-state index is 11.4. The van der Waals surface area contributed by atoms with Crippen molar-refractivity contribution >= 4 is 11.0 Å². The molecule has 0 bridgehead atoms. The van der Waals surface area contributed by atoms with E-state index in [0.29, 0.717) is 6.54 Å². The van der Waals surface area contributed by atoms with E-state index in [9.17, 15) is 14.4 Å². The van der Waals surface area contributed by atoms with Crippen LogP contribution >= 0.6 is 0 Å². The summed E-state index contributed by atoms with van der Waals surface area (Å²) in [5.41, 5.74) is -1.30. The van der Waals surface area contributed by atoms with Gasteiger partial charge in [-0.3, -0.25) is 19.1 Å². The number of aromatic nitrogens is 3. The Morgan fingerprint density at radius 2 is 2.07 bits per heavy atom. The average molecular weight is 207 g/mol. The molecule has 0 fully saturated rings. The van der Waals surface area contributed by atoms with Crippen LogP contribution in [0.25, 0.3) is 11.0 Å². The molecule has 2 rings (SSSR count). The lowest BCUT2D eigenvalue weighted by atomic mass is 10.3. The summed E-state index contributed by atoms with van der Waals surface area (Å²) in [7, 11) is 0. The van der Waals surface area contributed by atoms with E-state index in [1.807, 2.05) is 0 Å². The van der Waals surface area contributed by atoms with Gasteiger partial charge in [0, 0.05) is 18.8 Å². The zero-order valence-electron chi connectivity index (χ0n) is 8.03. The van der Waals surface area contributed by atoms with Gasteiger partial charge in [0.05, 0.1) is 0 Å². The van der Waals surface area contributed by atoms with Crippen molar-refractivity contribution in [3.05, 3.63) is 43.3 Å². The average Bonchev–Trinajstić information content (AvgIpc) is 2.17. The van der Waals surface area contributed by atoms with Crippen LogP contribution in [0, 0.1) is 0 Å². The van der Waals surface area contributed by atoms with Crippen LogP contribution in [0.1, 0.15) is 6.92 Å². The van der Waals surface area contributed by atoms with Crippen LogP contribution in [-0.4, -0.2) is 14.5 Å². The molecule has 0 atom stereocenters. The molecular formula is C9H9N3O3. The number of aryl methyl sites for hydroxylation is 1. The summed E-state index contributed by atoms with van der Waals surface area (Å²) in [5, 5.41) is -0.0149. The normalized spacial score (nSPS) is 10.7. The first-order chi connectivity index (χ1) is 7.15. The summed E-state index contributed by atoms with van der Waals surface area (Å²) in [6, 6.07) is 1.25. The number of nitrogens with zero attached hydrogens (tertiary/aromatic N) is 1. The van der Waals surface area contributed by atoms with Crippen molar-refractivity contribution in [3.63, 3.8) is 0 Å². The first-order valence-electron chi connectivity index (χ1n) is 4.49. The minimum absolute atomic E-state index is 0.0149. The van der Waals surface area contributed by atoms with Crippen LogP contribution in [0.2, 0.25) is 0 Å². The predicted molar refractivity (Wildman–Crippen MR) is 55.1 cm³/mol. The summed E-state index contributed by atoms with van der Waals surface area (Å²) in [6.07, 6.45) is 1.41. The number of pyridine rings is 1. The van der Waals surface area contributed by atoms with Crippen molar-refractivity contribution in [2.45, 2.75) is 13.5 Å². The second-order valence-corrected chi connectivity index (χ2v) is 3.07. The molecule has 6 heteroatoms. The molecule has 0 aliphatic heterocycles. The minimum atomic E-state index is -0.651. The fraction of sp³-hybridized carbons (Fsp3) is 0.222. The van der Waals surface area contributed by atoms with Gasteiger partial charge in [0.2, 0.25) is 0 Å². The van der Waals surface area contributed by atoms with Crippen molar-refractivity contribution in [1.82, 2.24) is 14.5 Å². The zero-order chi connectivity index (χ0) is 11.0. The number of aromatic amines is 2. The summed E-state index contributed by atoms with van der Waals surface area (Å²) >= 11 is 0. The third-order valence-corrected chi connectivity index (χ3v) is 2.22. The molecule has 15 heavy (non-hydrogen) atoms. The highest BCUT2D eigenvalue weighted by atomic mass is 16.2. The maximum atomic E-state index is 11.4. The fourth-order valence-electron chi connectivity index (χ4n) is 1.53. The van der Waals surface area contributed by atoms with Gasteiger partial charge in [-0.15, -0.1) is 0 Å². The second kappa shape index (κ2) is 3.23. The molecule has 0 aromatic carbocycles. The third kappa shape index (κ3) is 1.30. The van der Waals surface area contributed by atoms with Crippen LogP contribution in [0.4, 0.5) is 0 Å². The molecular weight excluding hydrogens is 198 g/mol. The molecule has 0 saturated heterocycles. The Morgan fingerprint density at radius 3 is 2.73 bits per heavy atom. The van der Waals surface area contributed by atoms with Gasteiger partial charge in [-0.25, -0.2) is 4.79 Å². The van der Waals surface area contributed by atoms with E-state index in [0.717, 1.165) is 0 Å². The standard InChI is InChI=1S/C9H9N3O3/c1-2-12-7-6(5(13)3-4-10-7)8(14)11-9(12)15/h3-4H,2H2,1H3,(H,10,13)(H,11,14,15). The highest BCUT2D eigenvalue weighted by molar-refractivity contribution is 5.72. The third-order valence-electron chi connectivity index (χ3n) is 2.22. The van der Waals surface area contributed by atoms with Crippen molar-refractivity contribution in [2.75, 3.05) is 0 Å². The van der Waals surface area contributed by atoms with E-state index in [-0.39, 0.29) is 11.0 Å². The van der Waals surface area contributed by atoms with E-state index >= 15 is 0 Å². The van der Waals surface area contributed by atoms with Gasteiger partial charge in [-0.1, -0.05) is 0 Å². The number of nitrogens with one attached hydrogen (secondary N) is 2. The van der Waals surface area contributed by atoms with Gasteiger partial charge in [0.1, 0.15) is 11.0 Å². The SMILES string of the molecule is CCn1c(=O)[nH]c(=O)c2c(=O)cc[nH]c21. The van der Waals surface area contributed by atoms with E-state index in [1.165, 1.54) is 16.8 Å². The topological polar surface area (TPSA) is 87.7 Å². The number of hydrogen-bond acceptors (Lipinski definition) is 3. The van der Waals surface area contributed by atoms with E-state index < -0.39 is 16.7 Å². The summed E-state index contributed by atoms with van der Waals surface area (Å²) < 4.78 is 1.30. The van der Waals surface area contributed by atoms with Crippen molar-refractivity contribution in [1.29, 1.82) is 0 Å². The summed E-state index contributed by atoms with van der Waals surface area (Å²) in [4.78, 5) is 39.0. The molecule has 0 radical (unpaired) electrons. The summed E-state index contributed by atoms with van der Waals surface area (Å²) in [5.74, 6) is 0. The Kier molecular flexibility index (Phi) is 2.03. The highest BCUT2D eigenvalue weighted by Crippen LogP contribution is 1.96. The smallest absolute Gasteiger partial charge is 0.329 e. The minimum Gasteiger partial charge on any atom is -0.347 e. The Balaban J connectivity index is 3.18. The summed E-state index contributed by atoms with van der Waals surface area (Å²) in [6.45, 7) is 2.14. The molecule has 2 heterocycles. The first kappa shape index (κ1) is 9.45. The first-order valence-corrected chi connectivity index (χ1v) is 4.49. The number of hydrogen-bond donors (Lipinski definition) is 2. The maximum Gasteiger partial charge on any atom is 0.329 e. The zero-order valence-corrected chi connectivity index (χ0v) is 8.03. The van der Waals surface area contributed by atoms with Crippen LogP contribution < -0.4 is 16.7 Å². The Bertz CT molecular complexity index is 677. The largest absolute Gasteiger partial charge is 0.347 e. The molecule has 6 nitrogen and oxygen atoms in total. The van der Waals surface area contributed by atoms with Gasteiger partial charge >= 0.3 is 5.69 Å². The lowest BCUT2D eigenvalue weighted by Gasteiger charge is -2.04.